The fourth-order valence-corrected chi connectivity index (χ4v) is 1.88. The van der Waals surface area contributed by atoms with E-state index in [4.69, 9.17) is 15.2 Å². The zero-order valence-corrected chi connectivity index (χ0v) is 14.9. The highest BCUT2D eigenvalue weighted by atomic mass is 16.6. The zero-order chi connectivity index (χ0) is 18.9. The van der Waals surface area contributed by atoms with Gasteiger partial charge in [0.15, 0.2) is 0 Å². The molecule has 1 unspecified atom stereocenters. The van der Waals surface area contributed by atoms with E-state index in [2.05, 4.69) is 5.32 Å². The van der Waals surface area contributed by atoms with Crippen LogP contribution >= 0.6 is 0 Å². The number of carbonyl (C=O) groups excluding carboxylic acids is 3. The van der Waals surface area contributed by atoms with E-state index in [1.807, 2.05) is 30.3 Å². The Balaban J connectivity index is 2.24. The molecule has 0 heterocycles. The van der Waals surface area contributed by atoms with Crippen LogP contribution in [0.2, 0.25) is 0 Å². The third kappa shape index (κ3) is 9.46. The van der Waals surface area contributed by atoms with Crippen molar-refractivity contribution in [1.29, 1.82) is 0 Å². The molecule has 138 valence electrons. The van der Waals surface area contributed by atoms with Gasteiger partial charge in [-0.05, 0) is 32.8 Å². The lowest BCUT2D eigenvalue weighted by Crippen LogP contribution is -2.43. The summed E-state index contributed by atoms with van der Waals surface area (Å²) in [7, 11) is 0. The molecule has 0 saturated heterocycles. The summed E-state index contributed by atoms with van der Waals surface area (Å²) < 4.78 is 10.2. The van der Waals surface area contributed by atoms with Crippen LogP contribution in [0.3, 0.4) is 0 Å². The fraction of sp³-hybridized carbons (Fsp3) is 0.500. The van der Waals surface area contributed by atoms with Crippen LogP contribution in [0, 0.1) is 0 Å². The van der Waals surface area contributed by atoms with E-state index >= 15 is 0 Å². The van der Waals surface area contributed by atoms with Crippen molar-refractivity contribution in [2.24, 2.45) is 5.73 Å². The van der Waals surface area contributed by atoms with Crippen LogP contribution in [0.25, 0.3) is 0 Å². The first kappa shape index (κ1) is 20.6. The third-order valence-electron chi connectivity index (χ3n) is 3.07. The highest BCUT2D eigenvalue weighted by molar-refractivity contribution is 5.85. The molecule has 3 N–H and O–H groups in total. The van der Waals surface area contributed by atoms with Crippen LogP contribution in [0.5, 0.6) is 0 Å². The second-order valence-electron chi connectivity index (χ2n) is 6.60. The molecule has 0 aliphatic heterocycles. The van der Waals surface area contributed by atoms with Crippen molar-refractivity contribution in [2.75, 3.05) is 6.54 Å². The molecular weight excluding hydrogens is 324 g/mol. The van der Waals surface area contributed by atoms with E-state index in [9.17, 15) is 14.4 Å². The van der Waals surface area contributed by atoms with Crippen LogP contribution in [0.1, 0.15) is 39.2 Å². The van der Waals surface area contributed by atoms with Gasteiger partial charge in [-0.15, -0.1) is 0 Å². The predicted molar refractivity (Wildman–Crippen MR) is 92.3 cm³/mol. The first-order chi connectivity index (χ1) is 11.7. The number of ether oxygens (including phenoxy) is 2. The van der Waals surface area contributed by atoms with Gasteiger partial charge in [-0.3, -0.25) is 14.4 Å². The van der Waals surface area contributed by atoms with E-state index in [1.54, 1.807) is 20.8 Å². The summed E-state index contributed by atoms with van der Waals surface area (Å²) in [5.41, 5.74) is 5.99. The van der Waals surface area contributed by atoms with Gasteiger partial charge in [0.05, 0.1) is 6.04 Å². The van der Waals surface area contributed by atoms with Crippen LogP contribution < -0.4 is 11.1 Å². The van der Waals surface area contributed by atoms with Crippen LogP contribution in [-0.2, 0) is 30.5 Å². The van der Waals surface area contributed by atoms with Gasteiger partial charge in [0.2, 0.25) is 5.91 Å². The summed E-state index contributed by atoms with van der Waals surface area (Å²) in [5, 5.41) is 2.40. The number of nitrogens with two attached hydrogens (primary N) is 1. The number of nitrogens with one attached hydrogen (secondary N) is 1. The van der Waals surface area contributed by atoms with Gasteiger partial charge >= 0.3 is 11.9 Å². The average molecular weight is 350 g/mol. The maximum Gasteiger partial charge on any atom is 0.325 e. The molecule has 1 atom stereocenters. The standard InChI is InChI=1S/C18H26N2O5/c1-18(2,3)25-15(21)10-9-14(19)17(23)20-11-16(22)24-12-13-7-5-4-6-8-13/h4-8,14H,9-12,19H2,1-3H3,(H,20,23). The van der Waals surface area contributed by atoms with E-state index in [1.165, 1.54) is 0 Å². The van der Waals surface area contributed by atoms with Gasteiger partial charge in [-0.25, -0.2) is 0 Å². The second kappa shape index (κ2) is 9.78. The van der Waals surface area contributed by atoms with Gasteiger partial charge in [-0.2, -0.15) is 0 Å². The molecule has 0 aliphatic carbocycles. The van der Waals surface area contributed by atoms with Crippen molar-refractivity contribution in [3.63, 3.8) is 0 Å². The van der Waals surface area contributed by atoms with Crippen LogP contribution in [0.15, 0.2) is 30.3 Å². The van der Waals surface area contributed by atoms with E-state index in [-0.39, 0.29) is 26.0 Å². The van der Waals surface area contributed by atoms with Crippen molar-refractivity contribution < 1.29 is 23.9 Å². The van der Waals surface area contributed by atoms with Crippen LogP contribution in [0.4, 0.5) is 0 Å². The van der Waals surface area contributed by atoms with Gasteiger partial charge in [0, 0.05) is 6.42 Å². The van der Waals surface area contributed by atoms with Crippen molar-refractivity contribution in [2.45, 2.75) is 51.9 Å². The molecule has 1 rings (SSSR count). The van der Waals surface area contributed by atoms with Gasteiger partial charge in [0.1, 0.15) is 18.8 Å². The molecule has 0 aliphatic rings. The number of hydrogen-bond acceptors (Lipinski definition) is 6. The summed E-state index contributed by atoms with van der Waals surface area (Å²) >= 11 is 0. The molecule has 1 aromatic rings. The third-order valence-corrected chi connectivity index (χ3v) is 3.07. The molecule has 0 aromatic heterocycles. The highest BCUT2D eigenvalue weighted by Gasteiger charge is 2.20. The normalized spacial score (nSPS) is 12.2. The number of esters is 2. The molecule has 25 heavy (non-hydrogen) atoms. The highest BCUT2D eigenvalue weighted by Crippen LogP contribution is 2.09. The minimum atomic E-state index is -0.894. The largest absolute Gasteiger partial charge is 0.460 e. The molecule has 7 nitrogen and oxygen atoms in total. The second-order valence-corrected chi connectivity index (χ2v) is 6.60. The lowest BCUT2D eigenvalue weighted by Gasteiger charge is -2.20. The summed E-state index contributed by atoms with van der Waals surface area (Å²) in [6, 6.07) is 8.32. The number of rotatable bonds is 8. The summed E-state index contributed by atoms with van der Waals surface area (Å²) in [5.74, 6) is -1.49. The monoisotopic (exact) mass is 350 g/mol. The van der Waals surface area contributed by atoms with E-state index in [0.717, 1.165) is 5.56 Å². The Morgan fingerprint density at radius 3 is 2.36 bits per heavy atom. The molecule has 7 heteroatoms. The molecule has 1 amide bonds. The quantitative estimate of drug-likeness (QED) is 0.684. The average Bonchev–Trinajstić information content (AvgIpc) is 2.55. The van der Waals surface area contributed by atoms with Gasteiger partial charge in [-0.1, -0.05) is 30.3 Å². The lowest BCUT2D eigenvalue weighted by atomic mass is 10.1. The van der Waals surface area contributed by atoms with E-state index in [0.29, 0.717) is 0 Å². The van der Waals surface area contributed by atoms with Crippen molar-refractivity contribution >= 4 is 17.8 Å². The predicted octanol–water partition coefficient (Wildman–Crippen LogP) is 1.30. The lowest BCUT2D eigenvalue weighted by molar-refractivity contribution is -0.155. The maximum atomic E-state index is 11.8. The topological polar surface area (TPSA) is 108 Å². The minimum absolute atomic E-state index is 0.0321. The minimum Gasteiger partial charge on any atom is -0.460 e. The maximum absolute atomic E-state index is 11.8. The molecule has 0 saturated carbocycles. The first-order valence-electron chi connectivity index (χ1n) is 8.12. The number of amides is 1. The summed E-state index contributed by atoms with van der Waals surface area (Å²) in [6.07, 6.45) is 0.171. The van der Waals surface area contributed by atoms with Crippen LogP contribution in [-0.4, -0.2) is 36.0 Å². The van der Waals surface area contributed by atoms with Crippen molar-refractivity contribution in [3.8, 4) is 0 Å². The van der Waals surface area contributed by atoms with Gasteiger partial charge in [0.25, 0.3) is 0 Å². The molecule has 0 spiro atoms. The number of hydrogen-bond donors (Lipinski definition) is 2. The van der Waals surface area contributed by atoms with Crippen molar-refractivity contribution in [3.05, 3.63) is 35.9 Å². The van der Waals surface area contributed by atoms with Crippen molar-refractivity contribution in [1.82, 2.24) is 5.32 Å². The smallest absolute Gasteiger partial charge is 0.325 e. The Morgan fingerprint density at radius 1 is 1.12 bits per heavy atom. The molecule has 0 bridgehead atoms. The Morgan fingerprint density at radius 2 is 1.76 bits per heavy atom. The molecular formula is C18H26N2O5. The Hall–Kier alpha value is -2.41. The first-order valence-corrected chi connectivity index (χ1v) is 8.12. The zero-order valence-electron chi connectivity index (χ0n) is 14.9. The number of benzene rings is 1. The molecule has 0 fully saturated rings. The molecule has 0 radical (unpaired) electrons. The number of carbonyl (C=O) groups is 3. The van der Waals surface area contributed by atoms with E-state index < -0.39 is 29.5 Å². The van der Waals surface area contributed by atoms with Gasteiger partial charge < -0.3 is 20.5 Å². The summed E-state index contributed by atoms with van der Waals surface area (Å²) in [4.78, 5) is 35.0. The Kier molecular flexibility index (Phi) is 8.07. The Labute approximate surface area is 147 Å². The Bertz CT molecular complexity index is 581. The summed E-state index contributed by atoms with van der Waals surface area (Å²) in [6.45, 7) is 5.15. The fourth-order valence-electron chi connectivity index (χ4n) is 1.88. The molecule has 1 aromatic carbocycles. The SMILES string of the molecule is CC(C)(C)OC(=O)CCC(N)C(=O)NCC(=O)OCc1ccccc1.